The van der Waals surface area contributed by atoms with Crippen LogP contribution in [0.2, 0.25) is 0 Å². The molecular weight excluding hydrogens is 170 g/mol. The van der Waals surface area contributed by atoms with Crippen LogP contribution in [0.15, 0.2) is 23.4 Å². The maximum Gasteiger partial charge on any atom is 0.249 e. The van der Waals surface area contributed by atoms with Crippen LogP contribution in [0.3, 0.4) is 0 Å². The lowest BCUT2D eigenvalue weighted by atomic mass is 9.92. The van der Waals surface area contributed by atoms with Gasteiger partial charge in [0.05, 0.1) is 17.6 Å². The van der Waals surface area contributed by atoms with Gasteiger partial charge in [0.2, 0.25) is 5.70 Å². The van der Waals surface area contributed by atoms with Crippen LogP contribution in [0.5, 0.6) is 0 Å². The number of ether oxygens (including phenoxy) is 1. The van der Waals surface area contributed by atoms with Gasteiger partial charge in [-0.3, -0.25) is 10.1 Å². The molecule has 2 atom stereocenters. The van der Waals surface area contributed by atoms with Gasteiger partial charge in [-0.25, -0.2) is 0 Å². The fraction of sp³-hybridized carbons (Fsp3) is 0.556. The fourth-order valence-corrected chi connectivity index (χ4v) is 1.59. The first kappa shape index (κ1) is 8.44. The summed E-state index contributed by atoms with van der Waals surface area (Å²) in [6.07, 6.45) is 4.58. The summed E-state index contributed by atoms with van der Waals surface area (Å²) in [4.78, 5) is 10.3. The van der Waals surface area contributed by atoms with E-state index >= 15 is 0 Å². The molecule has 0 spiro atoms. The molecule has 4 heteroatoms. The topological polar surface area (TPSA) is 55.7 Å². The van der Waals surface area contributed by atoms with Crippen molar-refractivity contribution in [3.63, 3.8) is 0 Å². The molecule has 2 rings (SSSR count). The summed E-state index contributed by atoms with van der Waals surface area (Å²) >= 11 is 0. The predicted molar refractivity (Wildman–Crippen MR) is 46.7 cm³/mol. The van der Waals surface area contributed by atoms with E-state index in [0.717, 1.165) is 12.2 Å². The Morgan fingerprint density at radius 3 is 2.92 bits per heavy atom. The van der Waals surface area contributed by atoms with E-state index in [1.807, 2.05) is 12.2 Å². The van der Waals surface area contributed by atoms with Crippen molar-refractivity contribution in [3.05, 3.63) is 33.5 Å². The molecule has 1 heterocycles. The third-order valence-corrected chi connectivity index (χ3v) is 2.53. The molecule has 0 aromatic rings. The molecule has 2 aliphatic rings. The van der Waals surface area contributed by atoms with E-state index in [9.17, 15) is 10.1 Å². The normalized spacial score (nSPS) is 32.1. The van der Waals surface area contributed by atoms with Crippen molar-refractivity contribution in [2.45, 2.75) is 19.4 Å². The first-order chi connectivity index (χ1) is 6.18. The van der Waals surface area contributed by atoms with Crippen LogP contribution < -0.4 is 0 Å². The minimum Gasteiger partial charge on any atom is -0.372 e. The van der Waals surface area contributed by atoms with Gasteiger partial charge in [0.15, 0.2) is 0 Å². The predicted octanol–water partition coefficient (Wildman–Crippen LogP) is 1.51. The molecule has 0 N–H and O–H groups in total. The Kier molecular flexibility index (Phi) is 1.92. The Labute approximate surface area is 76.0 Å². The molecule has 1 saturated heterocycles. The van der Waals surface area contributed by atoms with Gasteiger partial charge >= 0.3 is 0 Å². The molecule has 4 nitrogen and oxygen atoms in total. The number of nitrogens with zero attached hydrogens (tertiary/aromatic N) is 1. The molecule has 0 saturated carbocycles. The van der Waals surface area contributed by atoms with Crippen LogP contribution >= 0.6 is 0 Å². The second-order valence-corrected chi connectivity index (χ2v) is 3.49. The van der Waals surface area contributed by atoms with Gasteiger partial charge in [-0.1, -0.05) is 12.2 Å². The minimum atomic E-state index is -0.284. The van der Waals surface area contributed by atoms with E-state index in [0.29, 0.717) is 12.1 Å². The van der Waals surface area contributed by atoms with Gasteiger partial charge in [-0.2, -0.15) is 0 Å². The first-order valence-corrected chi connectivity index (χ1v) is 4.32. The number of epoxide rings is 1. The SMILES string of the molecule is CC1=C([N+](=O)[O-])CC(C2CO2)C=C1. The monoisotopic (exact) mass is 181 g/mol. The van der Waals surface area contributed by atoms with Crippen molar-refractivity contribution in [2.24, 2.45) is 5.92 Å². The zero-order chi connectivity index (χ0) is 9.42. The lowest BCUT2D eigenvalue weighted by Crippen LogP contribution is -2.14. The zero-order valence-corrected chi connectivity index (χ0v) is 7.40. The highest BCUT2D eigenvalue weighted by atomic mass is 16.6. The summed E-state index contributed by atoms with van der Waals surface area (Å²) in [6, 6.07) is 0. The number of allylic oxidation sites excluding steroid dienone is 3. The summed E-state index contributed by atoms with van der Waals surface area (Å²) in [6.45, 7) is 2.53. The maximum absolute atomic E-state index is 10.6. The van der Waals surface area contributed by atoms with Gasteiger partial charge in [-0.05, 0) is 6.92 Å². The second-order valence-electron chi connectivity index (χ2n) is 3.49. The molecule has 1 aliphatic carbocycles. The average molecular weight is 181 g/mol. The molecule has 1 fully saturated rings. The minimum absolute atomic E-state index is 0.212. The van der Waals surface area contributed by atoms with Gasteiger partial charge in [0.25, 0.3) is 0 Å². The maximum atomic E-state index is 10.6. The van der Waals surface area contributed by atoms with Gasteiger partial charge in [-0.15, -0.1) is 0 Å². The molecule has 0 radical (unpaired) electrons. The Bertz CT molecular complexity index is 302. The van der Waals surface area contributed by atoms with Crippen LogP contribution in [0.25, 0.3) is 0 Å². The first-order valence-electron chi connectivity index (χ1n) is 4.32. The molecule has 2 unspecified atom stereocenters. The van der Waals surface area contributed by atoms with E-state index < -0.39 is 0 Å². The molecule has 0 amide bonds. The van der Waals surface area contributed by atoms with Crippen molar-refractivity contribution in [2.75, 3.05) is 6.61 Å². The van der Waals surface area contributed by atoms with Crippen molar-refractivity contribution in [3.8, 4) is 0 Å². The standard InChI is InChI=1S/C9H11NO3/c1-6-2-3-7(9-5-13-9)4-8(6)10(11)12/h2-3,7,9H,4-5H2,1H3. The third kappa shape index (κ3) is 1.62. The molecule has 13 heavy (non-hydrogen) atoms. The molecule has 1 aliphatic heterocycles. The molecule has 0 bridgehead atoms. The summed E-state index contributed by atoms with van der Waals surface area (Å²) in [7, 11) is 0. The zero-order valence-electron chi connectivity index (χ0n) is 7.40. The Balaban J connectivity index is 2.15. The lowest BCUT2D eigenvalue weighted by molar-refractivity contribution is -0.430. The summed E-state index contributed by atoms with van der Waals surface area (Å²) in [5, 5.41) is 10.6. The van der Waals surface area contributed by atoms with Crippen molar-refractivity contribution < 1.29 is 9.66 Å². The molecule has 0 aromatic heterocycles. The van der Waals surface area contributed by atoms with Crippen LogP contribution in [-0.2, 0) is 4.74 Å². The molecular formula is C9H11NO3. The molecule has 0 aromatic carbocycles. The quantitative estimate of drug-likeness (QED) is 0.368. The smallest absolute Gasteiger partial charge is 0.249 e. The highest BCUT2D eigenvalue weighted by Crippen LogP contribution is 2.32. The number of rotatable bonds is 2. The Hall–Kier alpha value is -1.16. The van der Waals surface area contributed by atoms with Crippen molar-refractivity contribution >= 4 is 0 Å². The van der Waals surface area contributed by atoms with Crippen LogP contribution in [0, 0.1) is 16.0 Å². The van der Waals surface area contributed by atoms with E-state index in [1.165, 1.54) is 0 Å². The fourth-order valence-electron chi connectivity index (χ4n) is 1.59. The Morgan fingerprint density at radius 2 is 2.38 bits per heavy atom. The highest BCUT2D eigenvalue weighted by molar-refractivity contribution is 5.26. The van der Waals surface area contributed by atoms with Crippen LogP contribution in [0.4, 0.5) is 0 Å². The van der Waals surface area contributed by atoms with E-state index in [-0.39, 0.29) is 16.9 Å². The average Bonchev–Trinajstić information content (AvgIpc) is 2.87. The molecule has 70 valence electrons. The van der Waals surface area contributed by atoms with Crippen LogP contribution in [0.1, 0.15) is 13.3 Å². The number of nitro groups is 1. The van der Waals surface area contributed by atoms with Gasteiger partial charge < -0.3 is 4.74 Å². The van der Waals surface area contributed by atoms with E-state index in [2.05, 4.69) is 0 Å². The third-order valence-electron chi connectivity index (χ3n) is 2.53. The highest BCUT2D eigenvalue weighted by Gasteiger charge is 2.35. The lowest BCUT2D eigenvalue weighted by Gasteiger charge is -2.13. The van der Waals surface area contributed by atoms with E-state index in [4.69, 9.17) is 4.74 Å². The number of hydrogen-bond acceptors (Lipinski definition) is 3. The van der Waals surface area contributed by atoms with Crippen LogP contribution in [-0.4, -0.2) is 17.6 Å². The number of hydrogen-bond donors (Lipinski definition) is 0. The van der Waals surface area contributed by atoms with Crippen molar-refractivity contribution in [1.82, 2.24) is 0 Å². The summed E-state index contributed by atoms with van der Waals surface area (Å²) in [5.41, 5.74) is 1.10. The Morgan fingerprint density at radius 1 is 1.69 bits per heavy atom. The van der Waals surface area contributed by atoms with Crippen molar-refractivity contribution in [1.29, 1.82) is 0 Å². The van der Waals surface area contributed by atoms with E-state index in [1.54, 1.807) is 6.92 Å². The largest absolute Gasteiger partial charge is 0.372 e. The second kappa shape index (κ2) is 2.96. The summed E-state index contributed by atoms with van der Waals surface area (Å²) in [5.74, 6) is 0.212. The van der Waals surface area contributed by atoms with Gasteiger partial charge in [0, 0.05) is 17.9 Å². The van der Waals surface area contributed by atoms with Gasteiger partial charge in [0.1, 0.15) is 0 Å². The summed E-state index contributed by atoms with van der Waals surface area (Å²) < 4.78 is 5.11.